The SMILES string of the molecule is O=[N+]([O-])c1ccc(NCc2cc(Br)c(OCc3ccc(Cl)cc3)c(Br)c2)cc1. The summed E-state index contributed by atoms with van der Waals surface area (Å²) in [7, 11) is 0. The van der Waals surface area contributed by atoms with Crippen molar-refractivity contribution in [3.8, 4) is 5.75 Å². The van der Waals surface area contributed by atoms with E-state index in [-0.39, 0.29) is 5.69 Å². The lowest BCUT2D eigenvalue weighted by atomic mass is 10.2. The Hall–Kier alpha value is -2.09. The molecule has 0 aromatic heterocycles. The number of hydrogen-bond acceptors (Lipinski definition) is 4. The highest BCUT2D eigenvalue weighted by molar-refractivity contribution is 9.11. The van der Waals surface area contributed by atoms with Crippen molar-refractivity contribution < 1.29 is 9.66 Å². The standard InChI is InChI=1S/C20H15Br2ClN2O3/c21-18-9-14(11-24-16-5-7-17(8-6-16)25(26)27)10-19(22)20(18)28-12-13-1-3-15(23)4-2-13/h1-10,24H,11-12H2. The van der Waals surface area contributed by atoms with Gasteiger partial charge in [-0.3, -0.25) is 10.1 Å². The third-order valence-electron chi connectivity index (χ3n) is 3.93. The lowest BCUT2D eigenvalue weighted by Gasteiger charge is -2.13. The van der Waals surface area contributed by atoms with Crippen LogP contribution >= 0.6 is 43.5 Å². The molecule has 0 bridgehead atoms. The summed E-state index contributed by atoms with van der Waals surface area (Å²) in [5, 5.41) is 14.7. The predicted octanol–water partition coefficient (Wildman–Crippen LogP) is 6.96. The van der Waals surface area contributed by atoms with E-state index < -0.39 is 4.92 Å². The van der Waals surface area contributed by atoms with Crippen molar-refractivity contribution in [3.63, 3.8) is 0 Å². The van der Waals surface area contributed by atoms with Gasteiger partial charge < -0.3 is 10.1 Å². The summed E-state index contributed by atoms with van der Waals surface area (Å²) in [4.78, 5) is 10.3. The minimum absolute atomic E-state index is 0.0678. The highest BCUT2D eigenvalue weighted by Crippen LogP contribution is 2.35. The first-order valence-electron chi connectivity index (χ1n) is 8.26. The van der Waals surface area contributed by atoms with E-state index in [0.717, 1.165) is 25.8 Å². The summed E-state index contributed by atoms with van der Waals surface area (Å²) < 4.78 is 7.59. The molecule has 0 spiro atoms. The maximum Gasteiger partial charge on any atom is 0.269 e. The normalized spacial score (nSPS) is 10.5. The number of rotatable bonds is 7. The quantitative estimate of drug-likeness (QED) is 0.267. The Balaban J connectivity index is 1.64. The molecule has 0 heterocycles. The molecular formula is C20H15Br2ClN2O3. The summed E-state index contributed by atoms with van der Waals surface area (Å²) >= 11 is 13.0. The van der Waals surface area contributed by atoms with Gasteiger partial charge in [-0.25, -0.2) is 0 Å². The monoisotopic (exact) mass is 524 g/mol. The molecule has 28 heavy (non-hydrogen) atoms. The maximum absolute atomic E-state index is 10.7. The Kier molecular flexibility index (Phi) is 6.93. The molecule has 0 saturated carbocycles. The predicted molar refractivity (Wildman–Crippen MR) is 118 cm³/mol. The van der Waals surface area contributed by atoms with E-state index >= 15 is 0 Å². The van der Waals surface area contributed by atoms with E-state index in [1.807, 2.05) is 36.4 Å². The Bertz CT molecular complexity index is 957. The average Bonchev–Trinajstić information content (AvgIpc) is 2.67. The first kappa shape index (κ1) is 20.6. The molecule has 0 fully saturated rings. The van der Waals surface area contributed by atoms with Crippen LogP contribution in [0.4, 0.5) is 11.4 Å². The van der Waals surface area contributed by atoms with Crippen LogP contribution in [0.1, 0.15) is 11.1 Å². The summed E-state index contributed by atoms with van der Waals surface area (Å²) in [6.07, 6.45) is 0. The number of benzene rings is 3. The summed E-state index contributed by atoms with van der Waals surface area (Å²) in [5.41, 5.74) is 2.92. The number of nitrogens with zero attached hydrogens (tertiary/aromatic N) is 1. The summed E-state index contributed by atoms with van der Waals surface area (Å²) in [6, 6.07) is 17.8. The number of halogens is 3. The largest absolute Gasteiger partial charge is 0.487 e. The summed E-state index contributed by atoms with van der Waals surface area (Å²) in [5.74, 6) is 0.717. The van der Waals surface area contributed by atoms with Crippen molar-refractivity contribution in [2.24, 2.45) is 0 Å². The van der Waals surface area contributed by atoms with E-state index in [1.165, 1.54) is 12.1 Å². The van der Waals surface area contributed by atoms with Gasteiger partial charge in [0, 0.05) is 29.4 Å². The molecule has 3 aromatic rings. The fourth-order valence-electron chi connectivity index (χ4n) is 2.49. The van der Waals surface area contributed by atoms with E-state index in [9.17, 15) is 10.1 Å². The van der Waals surface area contributed by atoms with Crippen LogP contribution in [0.5, 0.6) is 5.75 Å². The first-order valence-corrected chi connectivity index (χ1v) is 10.2. The molecular weight excluding hydrogens is 511 g/mol. The fourth-order valence-corrected chi connectivity index (χ4v) is 4.13. The highest BCUT2D eigenvalue weighted by atomic mass is 79.9. The van der Waals surface area contributed by atoms with Gasteiger partial charge in [-0.1, -0.05) is 23.7 Å². The second-order valence-corrected chi connectivity index (χ2v) is 8.11. The molecule has 0 unspecified atom stereocenters. The van der Waals surface area contributed by atoms with E-state index in [1.54, 1.807) is 12.1 Å². The van der Waals surface area contributed by atoms with Gasteiger partial charge in [-0.15, -0.1) is 0 Å². The minimum atomic E-state index is -0.416. The molecule has 1 N–H and O–H groups in total. The van der Waals surface area contributed by atoms with Gasteiger partial charge in [-0.2, -0.15) is 0 Å². The molecule has 0 radical (unpaired) electrons. The van der Waals surface area contributed by atoms with Gasteiger partial charge in [0.1, 0.15) is 12.4 Å². The van der Waals surface area contributed by atoms with Crippen LogP contribution in [-0.2, 0) is 13.2 Å². The van der Waals surface area contributed by atoms with Crippen LogP contribution in [0.15, 0.2) is 69.6 Å². The molecule has 5 nitrogen and oxygen atoms in total. The van der Waals surface area contributed by atoms with Gasteiger partial charge >= 0.3 is 0 Å². The third-order valence-corrected chi connectivity index (χ3v) is 5.36. The molecule has 0 aliphatic heterocycles. The number of anilines is 1. The number of ether oxygens (including phenoxy) is 1. The first-order chi connectivity index (χ1) is 13.4. The van der Waals surface area contributed by atoms with Gasteiger partial charge in [0.15, 0.2) is 0 Å². The second-order valence-electron chi connectivity index (χ2n) is 5.96. The Labute approximate surface area is 184 Å². The number of hydrogen-bond donors (Lipinski definition) is 1. The zero-order valence-corrected chi connectivity index (χ0v) is 18.4. The number of nitrogens with one attached hydrogen (secondary N) is 1. The number of non-ortho nitro benzene ring substituents is 1. The van der Waals surface area contributed by atoms with E-state index in [0.29, 0.717) is 23.9 Å². The lowest BCUT2D eigenvalue weighted by Crippen LogP contribution is -2.01. The molecule has 8 heteroatoms. The van der Waals surface area contributed by atoms with E-state index in [4.69, 9.17) is 16.3 Å². The van der Waals surface area contributed by atoms with Crippen LogP contribution in [0.2, 0.25) is 5.02 Å². The Morgan fingerprint density at radius 3 is 2.14 bits per heavy atom. The molecule has 0 amide bonds. The summed E-state index contributed by atoms with van der Waals surface area (Å²) in [6.45, 7) is 0.987. The van der Waals surface area contributed by atoms with Gasteiger partial charge in [-0.05, 0) is 79.4 Å². The van der Waals surface area contributed by atoms with Crippen molar-refractivity contribution in [1.29, 1.82) is 0 Å². The smallest absolute Gasteiger partial charge is 0.269 e. The van der Waals surface area contributed by atoms with Crippen LogP contribution in [0.25, 0.3) is 0 Å². The minimum Gasteiger partial charge on any atom is -0.487 e. The topological polar surface area (TPSA) is 64.4 Å². The van der Waals surface area contributed by atoms with Crippen LogP contribution in [0.3, 0.4) is 0 Å². The fraction of sp³-hybridized carbons (Fsp3) is 0.100. The van der Waals surface area contributed by atoms with Crippen molar-refractivity contribution in [3.05, 3.63) is 95.9 Å². The molecule has 0 aliphatic carbocycles. The zero-order valence-electron chi connectivity index (χ0n) is 14.5. The van der Waals surface area contributed by atoms with Crippen molar-refractivity contribution >= 4 is 54.8 Å². The molecule has 3 aromatic carbocycles. The third kappa shape index (κ3) is 5.47. The van der Waals surface area contributed by atoms with Crippen molar-refractivity contribution in [2.45, 2.75) is 13.2 Å². The van der Waals surface area contributed by atoms with Gasteiger partial charge in [0.05, 0.1) is 13.9 Å². The van der Waals surface area contributed by atoms with Crippen LogP contribution in [-0.4, -0.2) is 4.92 Å². The molecule has 144 valence electrons. The molecule has 0 saturated heterocycles. The molecule has 0 atom stereocenters. The second kappa shape index (κ2) is 9.41. The Morgan fingerprint density at radius 2 is 1.57 bits per heavy atom. The average molecular weight is 527 g/mol. The number of nitro benzene ring substituents is 1. The van der Waals surface area contributed by atoms with E-state index in [2.05, 4.69) is 37.2 Å². The van der Waals surface area contributed by atoms with Crippen molar-refractivity contribution in [1.82, 2.24) is 0 Å². The zero-order chi connectivity index (χ0) is 20.1. The van der Waals surface area contributed by atoms with Gasteiger partial charge in [0.25, 0.3) is 5.69 Å². The molecule has 3 rings (SSSR count). The van der Waals surface area contributed by atoms with Gasteiger partial charge in [0.2, 0.25) is 0 Å². The molecule has 0 aliphatic rings. The highest BCUT2D eigenvalue weighted by Gasteiger charge is 2.10. The van der Waals surface area contributed by atoms with Crippen molar-refractivity contribution in [2.75, 3.05) is 5.32 Å². The van der Waals surface area contributed by atoms with Crippen LogP contribution < -0.4 is 10.1 Å². The Morgan fingerprint density at radius 1 is 0.964 bits per heavy atom. The maximum atomic E-state index is 10.7. The number of nitro groups is 1. The lowest BCUT2D eigenvalue weighted by molar-refractivity contribution is -0.384. The van der Waals surface area contributed by atoms with Crippen LogP contribution in [0, 0.1) is 10.1 Å².